The molecular formula is C23H23BrN2O3S. The molecule has 1 heterocycles. The number of amides is 2. The minimum Gasteiger partial charge on any atom is -0.493 e. The number of carbonyl (C=O) groups excluding carboxylic acids is 2. The molecule has 3 N–H and O–H groups in total. The fraction of sp³-hybridized carbons (Fsp3) is 0.217. The monoisotopic (exact) mass is 486 g/mol. The molecule has 0 bridgehead atoms. The van der Waals surface area contributed by atoms with Crippen molar-refractivity contribution in [2.75, 3.05) is 11.9 Å². The lowest BCUT2D eigenvalue weighted by Crippen LogP contribution is -2.18. The SMILES string of the molecule is CCCOc1ccc(Br)cc1C(=O)Nc1sc(Cc2ccccc2)c(C)c1C(N)=O. The van der Waals surface area contributed by atoms with Crippen LogP contribution in [0.1, 0.15) is 50.1 Å². The Bertz CT molecular complexity index is 1060. The van der Waals surface area contributed by atoms with Gasteiger partial charge < -0.3 is 15.8 Å². The van der Waals surface area contributed by atoms with Gasteiger partial charge in [-0.25, -0.2) is 0 Å². The number of halogens is 1. The Hall–Kier alpha value is -2.64. The number of carbonyl (C=O) groups is 2. The van der Waals surface area contributed by atoms with Crippen LogP contribution in [0.5, 0.6) is 5.75 Å². The van der Waals surface area contributed by atoms with E-state index in [0.29, 0.717) is 34.9 Å². The number of thiophene rings is 1. The van der Waals surface area contributed by atoms with E-state index in [2.05, 4.69) is 21.2 Å². The zero-order valence-electron chi connectivity index (χ0n) is 16.8. The number of primary amides is 1. The summed E-state index contributed by atoms with van der Waals surface area (Å²) in [5, 5.41) is 3.33. The Balaban J connectivity index is 1.93. The van der Waals surface area contributed by atoms with Crippen LogP contribution in [0, 0.1) is 6.92 Å². The smallest absolute Gasteiger partial charge is 0.260 e. The van der Waals surface area contributed by atoms with Crippen LogP contribution < -0.4 is 15.8 Å². The minimum absolute atomic E-state index is 0.350. The first-order chi connectivity index (χ1) is 14.4. The lowest BCUT2D eigenvalue weighted by atomic mass is 10.1. The van der Waals surface area contributed by atoms with Crippen LogP contribution in [0.15, 0.2) is 53.0 Å². The molecule has 5 nitrogen and oxygen atoms in total. The number of benzene rings is 2. The van der Waals surface area contributed by atoms with E-state index >= 15 is 0 Å². The molecule has 30 heavy (non-hydrogen) atoms. The molecule has 2 amide bonds. The van der Waals surface area contributed by atoms with Gasteiger partial charge in [0.05, 0.1) is 17.7 Å². The first-order valence-electron chi connectivity index (χ1n) is 9.60. The Kier molecular flexibility index (Phi) is 7.29. The van der Waals surface area contributed by atoms with Crippen molar-refractivity contribution in [1.82, 2.24) is 0 Å². The van der Waals surface area contributed by atoms with Gasteiger partial charge in [0, 0.05) is 15.8 Å². The average molecular weight is 487 g/mol. The summed E-state index contributed by atoms with van der Waals surface area (Å²) in [6.45, 7) is 4.37. The highest BCUT2D eigenvalue weighted by Crippen LogP contribution is 2.35. The zero-order valence-corrected chi connectivity index (χ0v) is 19.2. The minimum atomic E-state index is -0.560. The summed E-state index contributed by atoms with van der Waals surface area (Å²) in [4.78, 5) is 26.2. The van der Waals surface area contributed by atoms with E-state index in [9.17, 15) is 9.59 Å². The molecule has 0 aliphatic carbocycles. The van der Waals surface area contributed by atoms with Crippen molar-refractivity contribution in [2.45, 2.75) is 26.7 Å². The van der Waals surface area contributed by atoms with E-state index in [-0.39, 0.29) is 5.91 Å². The average Bonchev–Trinajstić information content (AvgIpc) is 3.02. The second kappa shape index (κ2) is 9.91. The van der Waals surface area contributed by atoms with Crippen molar-refractivity contribution in [2.24, 2.45) is 5.73 Å². The molecule has 0 spiro atoms. The van der Waals surface area contributed by atoms with Gasteiger partial charge in [-0.15, -0.1) is 11.3 Å². The second-order valence-corrected chi connectivity index (χ2v) is 8.84. The fourth-order valence-corrected chi connectivity index (χ4v) is 4.68. The maximum atomic E-state index is 13.0. The molecule has 0 saturated carbocycles. The lowest BCUT2D eigenvalue weighted by molar-refractivity contribution is 0.100. The highest BCUT2D eigenvalue weighted by Gasteiger charge is 2.22. The zero-order chi connectivity index (χ0) is 21.7. The van der Waals surface area contributed by atoms with E-state index in [1.165, 1.54) is 11.3 Å². The molecule has 0 aliphatic heterocycles. The van der Waals surface area contributed by atoms with Crippen LogP contribution in [0.4, 0.5) is 5.00 Å². The summed E-state index contributed by atoms with van der Waals surface area (Å²) >= 11 is 4.78. The van der Waals surface area contributed by atoms with Gasteiger partial charge in [0.25, 0.3) is 11.8 Å². The third-order valence-electron chi connectivity index (χ3n) is 4.57. The maximum Gasteiger partial charge on any atom is 0.260 e. The molecular weight excluding hydrogens is 464 g/mol. The summed E-state index contributed by atoms with van der Waals surface area (Å²) in [7, 11) is 0. The van der Waals surface area contributed by atoms with E-state index in [0.717, 1.165) is 26.9 Å². The number of hydrogen-bond acceptors (Lipinski definition) is 4. The first kappa shape index (κ1) is 22.1. The van der Waals surface area contributed by atoms with E-state index in [4.69, 9.17) is 10.5 Å². The fourth-order valence-electron chi connectivity index (χ4n) is 3.08. The standard InChI is InChI=1S/C23H23BrN2O3S/c1-3-11-29-18-10-9-16(24)13-17(18)22(28)26-23-20(21(25)27)14(2)19(30-23)12-15-7-5-4-6-8-15/h4-10,13H,3,11-12H2,1-2H3,(H2,25,27)(H,26,28). The maximum absolute atomic E-state index is 13.0. The first-order valence-corrected chi connectivity index (χ1v) is 11.2. The van der Waals surface area contributed by atoms with Gasteiger partial charge in [-0.3, -0.25) is 9.59 Å². The topological polar surface area (TPSA) is 81.4 Å². The van der Waals surface area contributed by atoms with Gasteiger partial charge in [-0.2, -0.15) is 0 Å². The van der Waals surface area contributed by atoms with Crippen molar-refractivity contribution in [1.29, 1.82) is 0 Å². The van der Waals surface area contributed by atoms with Gasteiger partial charge in [-0.05, 0) is 42.7 Å². The molecule has 1 aromatic heterocycles. The van der Waals surface area contributed by atoms with Crippen LogP contribution in [0.25, 0.3) is 0 Å². The molecule has 3 aromatic rings. The van der Waals surface area contributed by atoms with Gasteiger partial charge >= 0.3 is 0 Å². The summed E-state index contributed by atoms with van der Waals surface area (Å²) in [6.07, 6.45) is 1.49. The molecule has 7 heteroatoms. The number of nitrogens with two attached hydrogens (primary N) is 1. The second-order valence-electron chi connectivity index (χ2n) is 6.82. The Morgan fingerprint density at radius 2 is 1.90 bits per heavy atom. The van der Waals surface area contributed by atoms with Crippen molar-refractivity contribution in [3.05, 3.63) is 80.1 Å². The molecule has 0 radical (unpaired) electrons. The van der Waals surface area contributed by atoms with Crippen molar-refractivity contribution in [3.63, 3.8) is 0 Å². The van der Waals surface area contributed by atoms with E-state index < -0.39 is 5.91 Å². The van der Waals surface area contributed by atoms with E-state index in [1.807, 2.05) is 50.2 Å². The quantitative estimate of drug-likeness (QED) is 0.437. The third-order valence-corrected chi connectivity index (χ3v) is 6.27. The summed E-state index contributed by atoms with van der Waals surface area (Å²) in [5.41, 5.74) is 8.30. The number of anilines is 1. The molecule has 0 aliphatic rings. The van der Waals surface area contributed by atoms with Gasteiger partial charge in [-0.1, -0.05) is 53.2 Å². The Morgan fingerprint density at radius 3 is 2.57 bits per heavy atom. The molecule has 156 valence electrons. The van der Waals surface area contributed by atoms with Gasteiger partial charge in [0.15, 0.2) is 0 Å². The van der Waals surface area contributed by atoms with E-state index in [1.54, 1.807) is 12.1 Å². The predicted molar refractivity (Wildman–Crippen MR) is 125 cm³/mol. The highest BCUT2D eigenvalue weighted by atomic mass is 79.9. The number of ether oxygens (including phenoxy) is 1. The molecule has 0 saturated heterocycles. The predicted octanol–water partition coefficient (Wildman–Crippen LogP) is 5.55. The van der Waals surface area contributed by atoms with Gasteiger partial charge in [0.1, 0.15) is 10.8 Å². The number of nitrogens with one attached hydrogen (secondary N) is 1. The Morgan fingerprint density at radius 1 is 1.17 bits per heavy atom. The summed E-state index contributed by atoms with van der Waals surface area (Å²) < 4.78 is 6.48. The van der Waals surface area contributed by atoms with Crippen molar-refractivity contribution < 1.29 is 14.3 Å². The third kappa shape index (κ3) is 5.09. The summed E-state index contributed by atoms with van der Waals surface area (Å²) in [6, 6.07) is 15.2. The largest absolute Gasteiger partial charge is 0.493 e. The molecule has 3 rings (SSSR count). The number of rotatable bonds is 8. The molecule has 0 fully saturated rings. The van der Waals surface area contributed by atoms with Gasteiger partial charge in [0.2, 0.25) is 0 Å². The number of hydrogen-bond donors (Lipinski definition) is 2. The lowest BCUT2D eigenvalue weighted by Gasteiger charge is -2.12. The van der Waals surface area contributed by atoms with Crippen molar-refractivity contribution in [3.8, 4) is 5.75 Å². The molecule has 0 atom stereocenters. The van der Waals surface area contributed by atoms with Crippen LogP contribution in [-0.4, -0.2) is 18.4 Å². The summed E-state index contributed by atoms with van der Waals surface area (Å²) in [5.74, 6) is -0.413. The van der Waals surface area contributed by atoms with Crippen molar-refractivity contribution >= 4 is 44.1 Å². The van der Waals surface area contributed by atoms with Crippen LogP contribution in [-0.2, 0) is 6.42 Å². The van der Waals surface area contributed by atoms with Crippen LogP contribution >= 0.6 is 27.3 Å². The van der Waals surface area contributed by atoms with Crippen LogP contribution in [0.2, 0.25) is 0 Å². The Labute approximate surface area is 188 Å². The highest BCUT2D eigenvalue weighted by molar-refractivity contribution is 9.10. The van der Waals surface area contributed by atoms with Crippen LogP contribution in [0.3, 0.4) is 0 Å². The molecule has 0 unspecified atom stereocenters. The normalized spacial score (nSPS) is 10.6. The molecule has 2 aromatic carbocycles.